The average molecular weight is 297 g/mol. The standard InChI is InChI=1S/C15H27N3O3/c1-11(2)18-10-16-12(19)15(18)6-8-17(9-7-15)13(20)21-14(3,4)5/h11H,6-10H2,1-5H3,(H,16,19). The molecule has 2 rings (SSSR count). The maximum atomic E-state index is 12.3. The van der Waals surface area contributed by atoms with Crippen molar-refractivity contribution in [3.05, 3.63) is 0 Å². The largest absolute Gasteiger partial charge is 0.444 e. The Hall–Kier alpha value is -1.30. The highest BCUT2D eigenvalue weighted by Gasteiger charge is 2.51. The summed E-state index contributed by atoms with van der Waals surface area (Å²) in [7, 11) is 0. The fourth-order valence-corrected chi connectivity index (χ4v) is 3.18. The summed E-state index contributed by atoms with van der Waals surface area (Å²) < 4.78 is 5.40. The van der Waals surface area contributed by atoms with Crippen LogP contribution in [-0.4, -0.2) is 58.7 Å². The van der Waals surface area contributed by atoms with Crippen LogP contribution in [0.15, 0.2) is 0 Å². The van der Waals surface area contributed by atoms with Gasteiger partial charge in [-0.2, -0.15) is 0 Å². The molecule has 0 saturated carbocycles. The second-order valence-corrected chi connectivity index (χ2v) is 7.23. The number of piperidine rings is 1. The molecular formula is C15H27N3O3. The summed E-state index contributed by atoms with van der Waals surface area (Å²) in [5.74, 6) is 0.0973. The first-order valence-corrected chi connectivity index (χ1v) is 7.69. The van der Waals surface area contributed by atoms with E-state index in [0.717, 1.165) is 0 Å². The van der Waals surface area contributed by atoms with E-state index >= 15 is 0 Å². The number of carbonyl (C=O) groups excluding carboxylic acids is 2. The van der Waals surface area contributed by atoms with Gasteiger partial charge in [0.2, 0.25) is 5.91 Å². The number of ether oxygens (including phenoxy) is 1. The van der Waals surface area contributed by atoms with Gasteiger partial charge in [0.1, 0.15) is 11.1 Å². The van der Waals surface area contributed by atoms with Crippen LogP contribution in [0.4, 0.5) is 4.79 Å². The minimum Gasteiger partial charge on any atom is -0.444 e. The van der Waals surface area contributed by atoms with E-state index in [0.29, 0.717) is 38.6 Å². The van der Waals surface area contributed by atoms with Crippen molar-refractivity contribution in [2.24, 2.45) is 0 Å². The first-order valence-electron chi connectivity index (χ1n) is 7.69. The highest BCUT2D eigenvalue weighted by atomic mass is 16.6. The number of carbonyl (C=O) groups is 2. The first kappa shape index (κ1) is 16.1. The SMILES string of the molecule is CC(C)N1CNC(=O)C12CCN(C(=O)OC(C)(C)C)CC2. The Morgan fingerprint density at radius 3 is 2.33 bits per heavy atom. The Morgan fingerprint density at radius 1 is 1.29 bits per heavy atom. The van der Waals surface area contributed by atoms with Crippen LogP contribution in [0.25, 0.3) is 0 Å². The molecule has 2 saturated heterocycles. The molecule has 0 aromatic carbocycles. The molecule has 2 amide bonds. The van der Waals surface area contributed by atoms with Crippen LogP contribution in [0.1, 0.15) is 47.5 Å². The lowest BCUT2D eigenvalue weighted by atomic mass is 9.85. The molecule has 0 aromatic rings. The van der Waals surface area contributed by atoms with Gasteiger partial charge in [-0.05, 0) is 47.5 Å². The van der Waals surface area contributed by atoms with Gasteiger partial charge in [0.15, 0.2) is 0 Å². The first-order chi connectivity index (χ1) is 9.66. The molecule has 6 nitrogen and oxygen atoms in total. The quantitative estimate of drug-likeness (QED) is 0.798. The van der Waals surface area contributed by atoms with Gasteiger partial charge in [-0.1, -0.05) is 0 Å². The molecule has 1 N–H and O–H groups in total. The lowest BCUT2D eigenvalue weighted by Gasteiger charge is -2.44. The number of hydrogen-bond donors (Lipinski definition) is 1. The van der Waals surface area contributed by atoms with Crippen LogP contribution in [0, 0.1) is 0 Å². The monoisotopic (exact) mass is 297 g/mol. The Bertz CT molecular complexity index is 420. The van der Waals surface area contributed by atoms with E-state index in [9.17, 15) is 9.59 Å². The number of rotatable bonds is 1. The molecule has 21 heavy (non-hydrogen) atoms. The molecule has 0 bridgehead atoms. The minimum atomic E-state index is -0.485. The van der Waals surface area contributed by atoms with Crippen LogP contribution < -0.4 is 5.32 Å². The molecule has 0 unspecified atom stereocenters. The second kappa shape index (κ2) is 5.48. The van der Waals surface area contributed by atoms with Crippen molar-refractivity contribution in [2.45, 2.75) is 64.6 Å². The molecule has 2 aliphatic rings. The number of amides is 2. The van der Waals surface area contributed by atoms with Crippen LogP contribution in [-0.2, 0) is 9.53 Å². The molecule has 1 spiro atoms. The number of hydrogen-bond acceptors (Lipinski definition) is 4. The zero-order valence-electron chi connectivity index (χ0n) is 13.7. The molecule has 0 atom stereocenters. The molecule has 120 valence electrons. The highest BCUT2D eigenvalue weighted by molar-refractivity contribution is 5.88. The second-order valence-electron chi connectivity index (χ2n) is 7.23. The molecule has 0 radical (unpaired) electrons. The predicted octanol–water partition coefficient (Wildman–Crippen LogP) is 1.55. The highest BCUT2D eigenvalue weighted by Crippen LogP contribution is 2.34. The number of nitrogens with one attached hydrogen (secondary N) is 1. The number of likely N-dealkylation sites (tertiary alicyclic amines) is 1. The van der Waals surface area contributed by atoms with Gasteiger partial charge in [0, 0.05) is 19.1 Å². The summed E-state index contributed by atoms with van der Waals surface area (Å²) in [5.41, 5.74) is -0.937. The van der Waals surface area contributed by atoms with Crippen molar-refractivity contribution in [2.75, 3.05) is 19.8 Å². The average Bonchev–Trinajstić information content (AvgIpc) is 2.66. The summed E-state index contributed by atoms with van der Waals surface area (Å²) in [6.45, 7) is 11.5. The van der Waals surface area contributed by atoms with Gasteiger partial charge < -0.3 is 15.0 Å². The van der Waals surface area contributed by atoms with Crippen molar-refractivity contribution >= 4 is 12.0 Å². The van der Waals surface area contributed by atoms with Crippen molar-refractivity contribution in [1.82, 2.24) is 15.1 Å². The summed E-state index contributed by atoms with van der Waals surface area (Å²) in [5, 5.41) is 2.95. The number of nitrogens with zero attached hydrogens (tertiary/aromatic N) is 2. The Kier molecular flexibility index (Phi) is 4.19. The normalized spacial score (nSPS) is 22.8. The third kappa shape index (κ3) is 3.15. The zero-order chi connectivity index (χ0) is 15.8. The van der Waals surface area contributed by atoms with Gasteiger partial charge in [0.05, 0.1) is 6.67 Å². The summed E-state index contributed by atoms with van der Waals surface area (Å²) in [6.07, 6.45) is 1.04. The minimum absolute atomic E-state index is 0.0973. The van der Waals surface area contributed by atoms with E-state index in [1.54, 1.807) is 4.90 Å². The van der Waals surface area contributed by atoms with E-state index in [-0.39, 0.29) is 12.0 Å². The topological polar surface area (TPSA) is 61.9 Å². The zero-order valence-corrected chi connectivity index (χ0v) is 13.7. The van der Waals surface area contributed by atoms with E-state index in [2.05, 4.69) is 24.1 Å². The van der Waals surface area contributed by atoms with Gasteiger partial charge >= 0.3 is 6.09 Å². The molecule has 6 heteroatoms. The lowest BCUT2D eigenvalue weighted by Crippen LogP contribution is -2.58. The molecular weight excluding hydrogens is 270 g/mol. The van der Waals surface area contributed by atoms with Gasteiger partial charge in [0.25, 0.3) is 0 Å². The smallest absolute Gasteiger partial charge is 0.410 e. The fourth-order valence-electron chi connectivity index (χ4n) is 3.18. The molecule has 2 heterocycles. The van der Waals surface area contributed by atoms with E-state index in [4.69, 9.17) is 4.74 Å². The van der Waals surface area contributed by atoms with E-state index < -0.39 is 11.1 Å². The van der Waals surface area contributed by atoms with Gasteiger partial charge in [-0.15, -0.1) is 0 Å². The molecule has 0 aromatic heterocycles. The predicted molar refractivity (Wildman–Crippen MR) is 79.8 cm³/mol. The Balaban J connectivity index is 2.02. The van der Waals surface area contributed by atoms with E-state index in [1.165, 1.54) is 0 Å². The van der Waals surface area contributed by atoms with E-state index in [1.807, 2.05) is 20.8 Å². The maximum absolute atomic E-state index is 12.3. The summed E-state index contributed by atoms with van der Waals surface area (Å²) in [6, 6.07) is 0.303. The van der Waals surface area contributed by atoms with Crippen LogP contribution in [0.2, 0.25) is 0 Å². The molecule has 0 aliphatic carbocycles. The van der Waals surface area contributed by atoms with Gasteiger partial charge in [-0.3, -0.25) is 9.69 Å². The van der Waals surface area contributed by atoms with Crippen molar-refractivity contribution < 1.29 is 14.3 Å². The van der Waals surface area contributed by atoms with Crippen molar-refractivity contribution in [1.29, 1.82) is 0 Å². The van der Waals surface area contributed by atoms with Crippen molar-refractivity contribution in [3.63, 3.8) is 0 Å². The fraction of sp³-hybridized carbons (Fsp3) is 0.867. The summed E-state index contributed by atoms with van der Waals surface area (Å²) >= 11 is 0. The lowest BCUT2D eigenvalue weighted by molar-refractivity contribution is -0.130. The third-order valence-electron chi connectivity index (χ3n) is 4.25. The van der Waals surface area contributed by atoms with Crippen LogP contribution in [0.3, 0.4) is 0 Å². The van der Waals surface area contributed by atoms with Crippen LogP contribution >= 0.6 is 0 Å². The van der Waals surface area contributed by atoms with Crippen molar-refractivity contribution in [3.8, 4) is 0 Å². The molecule has 2 fully saturated rings. The Morgan fingerprint density at radius 2 is 1.86 bits per heavy atom. The molecule has 2 aliphatic heterocycles. The Labute approximate surface area is 126 Å². The van der Waals surface area contributed by atoms with Crippen LogP contribution in [0.5, 0.6) is 0 Å². The van der Waals surface area contributed by atoms with Gasteiger partial charge in [-0.25, -0.2) is 4.79 Å². The maximum Gasteiger partial charge on any atom is 0.410 e. The third-order valence-corrected chi connectivity index (χ3v) is 4.25. The summed E-state index contributed by atoms with van der Waals surface area (Å²) in [4.78, 5) is 28.3.